The number of nitrogens with zero attached hydrogens (tertiary/aromatic N) is 3. The molecule has 0 unspecified atom stereocenters. The van der Waals surface area contributed by atoms with Crippen molar-refractivity contribution in [2.45, 2.75) is 64.2 Å². The highest BCUT2D eigenvalue weighted by molar-refractivity contribution is 7.89. The van der Waals surface area contributed by atoms with Crippen LogP contribution in [0.4, 0.5) is 11.4 Å². The van der Waals surface area contributed by atoms with E-state index in [1.165, 1.54) is 22.1 Å². The maximum Gasteiger partial charge on any atom is 0.267 e. The molecular weight excluding hydrogens is 444 g/mol. The van der Waals surface area contributed by atoms with Gasteiger partial charge in [0.1, 0.15) is 4.88 Å². The Balaban J connectivity index is 1.98. The van der Waals surface area contributed by atoms with Crippen LogP contribution in [0.15, 0.2) is 29.3 Å². The molecule has 1 aromatic heterocycles. The van der Waals surface area contributed by atoms with E-state index in [-0.39, 0.29) is 16.2 Å². The summed E-state index contributed by atoms with van der Waals surface area (Å²) in [6.45, 7) is 12.4. The molecule has 1 saturated heterocycles. The SMILES string of the molecule is CCN(CC)S(=O)(=O)c1ccc(N2CCCCC2)c(NC(=O)c2cnc(C(C)(C)C)s2)c1. The van der Waals surface area contributed by atoms with Crippen LogP contribution in [0, 0.1) is 0 Å². The molecule has 7 nitrogen and oxygen atoms in total. The fourth-order valence-corrected chi connectivity index (χ4v) is 6.16. The van der Waals surface area contributed by atoms with Gasteiger partial charge in [-0.2, -0.15) is 4.31 Å². The first kappa shape index (κ1) is 24.7. The smallest absolute Gasteiger partial charge is 0.267 e. The summed E-state index contributed by atoms with van der Waals surface area (Å²) in [5, 5.41) is 3.87. The first-order valence-corrected chi connectivity index (χ1v) is 13.5. The van der Waals surface area contributed by atoms with Crippen LogP contribution in [0.5, 0.6) is 0 Å². The van der Waals surface area contributed by atoms with Gasteiger partial charge >= 0.3 is 0 Å². The molecule has 1 fully saturated rings. The normalized spacial score (nSPS) is 15.2. The molecule has 1 amide bonds. The second-order valence-electron chi connectivity index (χ2n) is 9.05. The number of carbonyl (C=O) groups excluding carboxylic acids is 1. The molecule has 32 heavy (non-hydrogen) atoms. The molecule has 2 heterocycles. The lowest BCUT2D eigenvalue weighted by Gasteiger charge is -2.31. The molecule has 0 saturated carbocycles. The lowest BCUT2D eigenvalue weighted by Crippen LogP contribution is -2.32. The minimum absolute atomic E-state index is 0.139. The predicted octanol–water partition coefficient (Wildman–Crippen LogP) is 4.71. The van der Waals surface area contributed by atoms with Crippen LogP contribution < -0.4 is 10.2 Å². The van der Waals surface area contributed by atoms with Crippen molar-refractivity contribution < 1.29 is 13.2 Å². The van der Waals surface area contributed by atoms with Crippen molar-refractivity contribution in [3.8, 4) is 0 Å². The van der Waals surface area contributed by atoms with Gasteiger partial charge in [0.15, 0.2) is 0 Å². The third-order valence-corrected chi connectivity index (χ3v) is 9.09. The number of amides is 1. The van der Waals surface area contributed by atoms with E-state index in [2.05, 4.69) is 36.0 Å². The summed E-state index contributed by atoms with van der Waals surface area (Å²) in [6.07, 6.45) is 4.94. The molecule has 1 aromatic carbocycles. The van der Waals surface area contributed by atoms with Gasteiger partial charge in [0, 0.05) is 31.6 Å². The molecule has 9 heteroatoms. The third kappa shape index (κ3) is 5.32. The molecule has 3 rings (SSSR count). The number of rotatable bonds is 7. The highest BCUT2D eigenvalue weighted by Crippen LogP contribution is 2.33. The highest BCUT2D eigenvalue weighted by atomic mass is 32.2. The Hall–Kier alpha value is -1.97. The van der Waals surface area contributed by atoms with Gasteiger partial charge in [0.05, 0.1) is 27.5 Å². The van der Waals surface area contributed by atoms with Gasteiger partial charge < -0.3 is 10.2 Å². The summed E-state index contributed by atoms with van der Waals surface area (Å²) in [7, 11) is -3.63. The van der Waals surface area contributed by atoms with Gasteiger partial charge in [-0.05, 0) is 37.5 Å². The van der Waals surface area contributed by atoms with Crippen molar-refractivity contribution in [3.63, 3.8) is 0 Å². The van der Waals surface area contributed by atoms with E-state index >= 15 is 0 Å². The molecule has 1 aliphatic rings. The molecule has 1 N–H and O–H groups in total. The molecule has 1 aliphatic heterocycles. The van der Waals surface area contributed by atoms with Gasteiger partial charge in [0.25, 0.3) is 5.91 Å². The zero-order chi connectivity index (χ0) is 23.5. The maximum absolute atomic E-state index is 13.1. The maximum atomic E-state index is 13.1. The van der Waals surface area contributed by atoms with Crippen LogP contribution in [-0.4, -0.2) is 49.8 Å². The Bertz CT molecular complexity index is 1050. The van der Waals surface area contributed by atoms with E-state index in [4.69, 9.17) is 0 Å². The van der Waals surface area contributed by atoms with Gasteiger partial charge in [-0.3, -0.25) is 4.79 Å². The first-order valence-electron chi connectivity index (χ1n) is 11.2. The van der Waals surface area contributed by atoms with Crippen LogP contribution in [0.25, 0.3) is 0 Å². The van der Waals surface area contributed by atoms with Crippen molar-refractivity contribution in [2.24, 2.45) is 0 Å². The second-order valence-corrected chi connectivity index (χ2v) is 12.0. The van der Waals surface area contributed by atoms with E-state index in [9.17, 15) is 13.2 Å². The standard InChI is InChI=1S/C23H34N4O3S2/c1-6-27(7-2)32(29,30)17-11-12-19(26-13-9-8-10-14-26)18(15-17)25-21(28)20-16-24-22(31-20)23(3,4)5/h11-12,15-16H,6-10,13-14H2,1-5H3,(H,25,28). The highest BCUT2D eigenvalue weighted by Gasteiger charge is 2.26. The number of thiazole rings is 1. The topological polar surface area (TPSA) is 82.6 Å². The molecule has 0 aliphatic carbocycles. The number of nitrogens with one attached hydrogen (secondary N) is 1. The molecular formula is C23H34N4O3S2. The van der Waals surface area contributed by atoms with Crippen molar-refractivity contribution in [1.29, 1.82) is 0 Å². The average Bonchev–Trinajstić information content (AvgIpc) is 3.26. The fourth-order valence-electron chi connectivity index (χ4n) is 3.81. The van der Waals surface area contributed by atoms with E-state index in [1.807, 2.05) is 19.9 Å². The van der Waals surface area contributed by atoms with Gasteiger partial charge in [0.2, 0.25) is 10.0 Å². The predicted molar refractivity (Wildman–Crippen MR) is 131 cm³/mol. The Morgan fingerprint density at radius 1 is 1.16 bits per heavy atom. The van der Waals surface area contributed by atoms with E-state index in [1.54, 1.807) is 18.3 Å². The third-order valence-electron chi connectivity index (χ3n) is 5.63. The summed E-state index contributed by atoms with van der Waals surface area (Å²) >= 11 is 1.37. The van der Waals surface area contributed by atoms with E-state index < -0.39 is 10.0 Å². The minimum Gasteiger partial charge on any atom is -0.370 e. The Kier molecular flexibility index (Phi) is 7.62. The van der Waals surface area contributed by atoms with Crippen LogP contribution in [0.2, 0.25) is 0 Å². The second kappa shape index (κ2) is 9.89. The number of hydrogen-bond acceptors (Lipinski definition) is 6. The monoisotopic (exact) mass is 478 g/mol. The Morgan fingerprint density at radius 2 is 1.81 bits per heavy atom. The summed E-state index contributed by atoms with van der Waals surface area (Å²) in [4.78, 5) is 20.4. The zero-order valence-electron chi connectivity index (χ0n) is 19.6. The Labute approximate surface area is 195 Å². The van der Waals surface area contributed by atoms with Crippen LogP contribution >= 0.6 is 11.3 Å². The van der Waals surface area contributed by atoms with Crippen molar-refractivity contribution in [1.82, 2.24) is 9.29 Å². The van der Waals surface area contributed by atoms with E-state index in [0.29, 0.717) is 23.7 Å². The molecule has 0 radical (unpaired) electrons. The van der Waals surface area contributed by atoms with Crippen LogP contribution in [0.1, 0.15) is 68.6 Å². The largest absolute Gasteiger partial charge is 0.370 e. The van der Waals surface area contributed by atoms with Crippen LogP contribution in [-0.2, 0) is 15.4 Å². The summed E-state index contributed by atoms with van der Waals surface area (Å²) < 4.78 is 27.6. The Morgan fingerprint density at radius 3 is 2.38 bits per heavy atom. The first-order chi connectivity index (χ1) is 15.1. The zero-order valence-corrected chi connectivity index (χ0v) is 21.3. The number of aromatic nitrogens is 1. The number of hydrogen-bond donors (Lipinski definition) is 1. The van der Waals surface area contributed by atoms with Crippen molar-refractivity contribution in [3.05, 3.63) is 34.3 Å². The molecule has 0 spiro atoms. The number of sulfonamides is 1. The van der Waals surface area contributed by atoms with Gasteiger partial charge in [-0.25, -0.2) is 13.4 Å². The molecule has 2 aromatic rings. The lowest BCUT2D eigenvalue weighted by molar-refractivity contribution is 0.103. The number of piperidine rings is 1. The number of anilines is 2. The van der Waals surface area contributed by atoms with Crippen molar-refractivity contribution in [2.75, 3.05) is 36.4 Å². The molecule has 0 bridgehead atoms. The summed E-state index contributed by atoms with van der Waals surface area (Å²) in [5.74, 6) is -0.270. The fraction of sp³-hybridized carbons (Fsp3) is 0.565. The quantitative estimate of drug-likeness (QED) is 0.623. The van der Waals surface area contributed by atoms with Crippen molar-refractivity contribution >= 4 is 38.6 Å². The lowest BCUT2D eigenvalue weighted by atomic mass is 9.98. The van der Waals surface area contributed by atoms with Gasteiger partial charge in [-0.15, -0.1) is 11.3 Å². The van der Waals surface area contributed by atoms with Gasteiger partial charge in [-0.1, -0.05) is 34.6 Å². The average molecular weight is 479 g/mol. The van der Waals surface area contributed by atoms with Crippen LogP contribution in [0.3, 0.4) is 0 Å². The number of carbonyl (C=O) groups is 1. The summed E-state index contributed by atoms with van der Waals surface area (Å²) in [6, 6.07) is 5.07. The summed E-state index contributed by atoms with van der Waals surface area (Å²) in [5.41, 5.74) is 1.24. The van der Waals surface area contributed by atoms with E-state index in [0.717, 1.165) is 36.6 Å². The minimum atomic E-state index is -3.63. The number of benzene rings is 1. The molecule has 0 atom stereocenters. The molecule has 176 valence electrons.